The molecule has 1 aliphatic heterocycles. The summed E-state index contributed by atoms with van der Waals surface area (Å²) >= 11 is 1.71. The molecule has 0 N–H and O–H groups in total. The van der Waals surface area contributed by atoms with Gasteiger partial charge >= 0.3 is 0 Å². The van der Waals surface area contributed by atoms with E-state index in [1.807, 2.05) is 6.07 Å². The highest BCUT2D eigenvalue weighted by atomic mass is 32.2. The molecule has 5 atom stereocenters. The van der Waals surface area contributed by atoms with Crippen LogP contribution in [0.15, 0.2) is 35.2 Å². The van der Waals surface area contributed by atoms with E-state index in [1.165, 1.54) is 4.90 Å². The van der Waals surface area contributed by atoms with Crippen LogP contribution in [-0.2, 0) is 23.7 Å². The molecule has 0 aromatic heterocycles. The molecule has 0 spiro atoms. The van der Waals surface area contributed by atoms with E-state index in [-0.39, 0.29) is 29.9 Å². The molecule has 196 valence electrons. The number of hydrogen-bond donors (Lipinski definition) is 0. The molecule has 6 heteroatoms. The summed E-state index contributed by atoms with van der Waals surface area (Å²) in [7, 11) is 0. The van der Waals surface area contributed by atoms with E-state index < -0.39 is 0 Å². The lowest BCUT2D eigenvalue weighted by Crippen LogP contribution is -2.60. The van der Waals surface area contributed by atoms with Crippen LogP contribution in [0.2, 0.25) is 0 Å². The molecule has 1 saturated heterocycles. The number of unbranched alkanes of at least 4 members (excludes halogenated alkanes) is 4. The average molecular weight is 497 g/mol. The summed E-state index contributed by atoms with van der Waals surface area (Å²) in [5, 5.41) is 0. The predicted molar refractivity (Wildman–Crippen MR) is 141 cm³/mol. The van der Waals surface area contributed by atoms with Crippen molar-refractivity contribution in [2.24, 2.45) is 0 Å². The lowest BCUT2D eigenvalue weighted by atomic mass is 9.99. The van der Waals surface area contributed by atoms with Crippen LogP contribution in [0.1, 0.15) is 79.1 Å². The van der Waals surface area contributed by atoms with Crippen molar-refractivity contribution in [3.8, 4) is 0 Å². The first-order valence-electron chi connectivity index (χ1n) is 13.5. The molecule has 0 saturated carbocycles. The normalized spacial score (nSPS) is 25.0. The smallest absolute Gasteiger partial charge is 0.137 e. The van der Waals surface area contributed by atoms with Crippen molar-refractivity contribution in [2.75, 3.05) is 33.0 Å². The lowest BCUT2D eigenvalue weighted by Gasteiger charge is -2.46. The van der Waals surface area contributed by atoms with Crippen LogP contribution in [-0.4, -0.2) is 62.9 Å². The Morgan fingerprint density at radius 1 is 0.676 bits per heavy atom. The molecule has 0 bridgehead atoms. The minimum atomic E-state index is -0.204. The van der Waals surface area contributed by atoms with Gasteiger partial charge in [-0.3, -0.25) is 0 Å². The number of rotatable bonds is 19. The Morgan fingerprint density at radius 3 is 1.79 bits per heavy atom. The van der Waals surface area contributed by atoms with Gasteiger partial charge in [0, 0.05) is 31.3 Å². The molecule has 5 nitrogen and oxygen atoms in total. The molecule has 34 heavy (non-hydrogen) atoms. The predicted octanol–water partition coefficient (Wildman–Crippen LogP) is 6.88. The molecule has 1 heterocycles. The van der Waals surface area contributed by atoms with Crippen molar-refractivity contribution in [2.45, 2.75) is 114 Å². The SMILES string of the molecule is CCCCOCC1OC(Sc2ccccc2)C(OCCCC)C(OCCCC)C1OCCCC. The molecular weight excluding hydrogens is 448 g/mol. The Morgan fingerprint density at radius 2 is 1.21 bits per heavy atom. The van der Waals surface area contributed by atoms with Crippen LogP contribution in [0.3, 0.4) is 0 Å². The quantitative estimate of drug-likeness (QED) is 0.195. The summed E-state index contributed by atoms with van der Waals surface area (Å²) in [6.07, 6.45) is 7.73. The highest BCUT2D eigenvalue weighted by Crippen LogP contribution is 2.37. The number of hydrogen-bond acceptors (Lipinski definition) is 6. The average Bonchev–Trinajstić information content (AvgIpc) is 2.85. The van der Waals surface area contributed by atoms with Crippen molar-refractivity contribution in [3.63, 3.8) is 0 Å². The van der Waals surface area contributed by atoms with Crippen LogP contribution < -0.4 is 0 Å². The van der Waals surface area contributed by atoms with E-state index in [4.69, 9.17) is 23.7 Å². The molecule has 1 aromatic carbocycles. The van der Waals surface area contributed by atoms with Gasteiger partial charge in [0.2, 0.25) is 0 Å². The van der Waals surface area contributed by atoms with Gasteiger partial charge in [0.05, 0.1) is 6.61 Å². The molecule has 1 aromatic rings. The first-order chi connectivity index (χ1) is 16.7. The second kappa shape index (κ2) is 18.6. The van der Waals surface area contributed by atoms with E-state index in [0.29, 0.717) is 26.4 Å². The number of benzene rings is 1. The van der Waals surface area contributed by atoms with Gasteiger partial charge in [-0.05, 0) is 37.8 Å². The van der Waals surface area contributed by atoms with Crippen molar-refractivity contribution < 1.29 is 23.7 Å². The fraction of sp³-hybridized carbons (Fsp3) is 0.786. The zero-order valence-electron chi connectivity index (χ0n) is 21.9. The maximum atomic E-state index is 6.70. The van der Waals surface area contributed by atoms with Gasteiger partial charge in [-0.25, -0.2) is 0 Å². The van der Waals surface area contributed by atoms with E-state index >= 15 is 0 Å². The molecular formula is C28H48O5S. The number of thioether (sulfide) groups is 1. The van der Waals surface area contributed by atoms with E-state index in [1.54, 1.807) is 11.8 Å². The van der Waals surface area contributed by atoms with Crippen LogP contribution in [0.5, 0.6) is 0 Å². The molecule has 0 aliphatic carbocycles. The summed E-state index contributed by atoms with van der Waals surface area (Å²) in [6, 6.07) is 10.4. The van der Waals surface area contributed by atoms with Gasteiger partial charge in [0.1, 0.15) is 29.9 Å². The monoisotopic (exact) mass is 496 g/mol. The second-order valence-electron chi connectivity index (χ2n) is 8.97. The Kier molecular flexibility index (Phi) is 16.2. The summed E-state index contributed by atoms with van der Waals surface area (Å²) in [5.74, 6) is 0. The fourth-order valence-electron chi connectivity index (χ4n) is 3.85. The summed E-state index contributed by atoms with van der Waals surface area (Å²) < 4.78 is 32.2. The fourth-order valence-corrected chi connectivity index (χ4v) is 4.99. The molecule has 0 radical (unpaired) electrons. The third kappa shape index (κ3) is 10.5. The summed E-state index contributed by atoms with van der Waals surface area (Å²) in [6.45, 7) is 12.1. The first kappa shape index (κ1) is 29.6. The van der Waals surface area contributed by atoms with Gasteiger partial charge in [-0.15, -0.1) is 0 Å². The Bertz CT molecular complexity index is 602. The first-order valence-corrected chi connectivity index (χ1v) is 14.4. The van der Waals surface area contributed by atoms with Gasteiger partial charge in [-0.2, -0.15) is 0 Å². The van der Waals surface area contributed by atoms with Crippen LogP contribution >= 0.6 is 11.8 Å². The molecule has 5 unspecified atom stereocenters. The van der Waals surface area contributed by atoms with Gasteiger partial charge in [0.15, 0.2) is 0 Å². The zero-order valence-corrected chi connectivity index (χ0v) is 22.7. The van der Waals surface area contributed by atoms with Gasteiger partial charge in [-0.1, -0.05) is 83.3 Å². The lowest BCUT2D eigenvalue weighted by molar-refractivity contribution is -0.247. The maximum Gasteiger partial charge on any atom is 0.137 e. The summed E-state index contributed by atoms with van der Waals surface area (Å²) in [5.41, 5.74) is -0.184. The maximum absolute atomic E-state index is 6.70. The molecule has 1 fully saturated rings. The Labute approximate surface area is 212 Å². The standard InChI is InChI=1S/C28H48O5S/c1-5-9-18-29-22-24-25(30-19-10-6-2)26(31-20-11-7-3)27(32-21-12-8-4)28(33-24)34-23-16-14-13-15-17-23/h13-17,24-28H,5-12,18-22H2,1-4H3. The van der Waals surface area contributed by atoms with Crippen LogP contribution in [0, 0.1) is 0 Å². The molecule has 1 aliphatic rings. The van der Waals surface area contributed by atoms with Crippen LogP contribution in [0.25, 0.3) is 0 Å². The Hall–Kier alpha value is -0.630. The van der Waals surface area contributed by atoms with Gasteiger partial charge < -0.3 is 23.7 Å². The Balaban J connectivity index is 2.27. The summed E-state index contributed by atoms with van der Waals surface area (Å²) in [4.78, 5) is 1.17. The molecule has 0 amide bonds. The minimum Gasteiger partial charge on any atom is -0.379 e. The second-order valence-corrected chi connectivity index (χ2v) is 10.1. The topological polar surface area (TPSA) is 46.2 Å². The zero-order chi connectivity index (χ0) is 24.4. The van der Waals surface area contributed by atoms with Crippen molar-refractivity contribution in [3.05, 3.63) is 30.3 Å². The molecule has 2 rings (SSSR count). The third-order valence-electron chi connectivity index (χ3n) is 5.94. The largest absolute Gasteiger partial charge is 0.379 e. The van der Waals surface area contributed by atoms with Crippen molar-refractivity contribution in [1.82, 2.24) is 0 Å². The van der Waals surface area contributed by atoms with E-state index in [2.05, 4.69) is 52.0 Å². The highest BCUT2D eigenvalue weighted by molar-refractivity contribution is 7.99. The van der Waals surface area contributed by atoms with Crippen molar-refractivity contribution >= 4 is 11.8 Å². The number of ether oxygens (including phenoxy) is 5. The van der Waals surface area contributed by atoms with E-state index in [9.17, 15) is 0 Å². The minimum absolute atomic E-state index is 0.184. The highest BCUT2D eigenvalue weighted by Gasteiger charge is 2.48. The van der Waals surface area contributed by atoms with Crippen LogP contribution in [0.4, 0.5) is 0 Å². The third-order valence-corrected chi connectivity index (χ3v) is 7.09. The van der Waals surface area contributed by atoms with Gasteiger partial charge in [0.25, 0.3) is 0 Å². The van der Waals surface area contributed by atoms with E-state index in [0.717, 1.165) is 58.0 Å². The van der Waals surface area contributed by atoms with Crippen molar-refractivity contribution in [1.29, 1.82) is 0 Å².